The smallest absolute Gasteiger partial charge is 0.247 e. The van der Waals surface area contributed by atoms with Crippen LogP contribution in [0.3, 0.4) is 0 Å². The molecule has 0 spiro atoms. The number of imide groups is 1. The predicted octanol–water partition coefficient (Wildman–Crippen LogP) is 2.23. The standard InChI is InChI=1S/C15H26N2O2/c1-2-3-7-10-16-13-11-14(18)17(15(13)19)12-8-5-4-6-9-12/h12-13,16H,2-11H2,1H3. The molecule has 0 aromatic rings. The number of nitrogens with one attached hydrogen (secondary N) is 1. The van der Waals surface area contributed by atoms with E-state index >= 15 is 0 Å². The monoisotopic (exact) mass is 266 g/mol. The first-order chi connectivity index (χ1) is 9.24. The lowest BCUT2D eigenvalue weighted by molar-refractivity contribution is -0.142. The summed E-state index contributed by atoms with van der Waals surface area (Å²) < 4.78 is 0. The average molecular weight is 266 g/mol. The lowest BCUT2D eigenvalue weighted by Crippen LogP contribution is -2.44. The van der Waals surface area contributed by atoms with E-state index in [1.54, 1.807) is 4.90 Å². The molecule has 0 bridgehead atoms. The maximum Gasteiger partial charge on any atom is 0.247 e. The summed E-state index contributed by atoms with van der Waals surface area (Å²) in [6, 6.07) is -0.0810. The van der Waals surface area contributed by atoms with E-state index in [9.17, 15) is 9.59 Å². The molecular formula is C15H26N2O2. The molecule has 1 aliphatic heterocycles. The number of likely N-dealkylation sites (tertiary alicyclic amines) is 1. The van der Waals surface area contributed by atoms with Crippen molar-refractivity contribution < 1.29 is 9.59 Å². The fourth-order valence-corrected chi connectivity index (χ4v) is 3.18. The number of hydrogen-bond donors (Lipinski definition) is 1. The SMILES string of the molecule is CCCCCNC1CC(=O)N(C2CCCCC2)C1=O. The summed E-state index contributed by atoms with van der Waals surface area (Å²) >= 11 is 0. The normalized spacial score (nSPS) is 25.3. The second-order valence-electron chi connectivity index (χ2n) is 5.81. The Bertz CT molecular complexity index is 324. The Morgan fingerprint density at radius 2 is 1.89 bits per heavy atom. The topological polar surface area (TPSA) is 49.4 Å². The first kappa shape index (κ1) is 14.5. The molecule has 1 N–H and O–H groups in total. The van der Waals surface area contributed by atoms with Crippen LogP contribution in [-0.4, -0.2) is 35.3 Å². The molecule has 2 rings (SSSR count). The number of unbranched alkanes of at least 4 members (excludes halogenated alkanes) is 2. The Hall–Kier alpha value is -0.900. The van der Waals surface area contributed by atoms with Gasteiger partial charge in [-0.2, -0.15) is 0 Å². The molecule has 0 aromatic carbocycles. The summed E-state index contributed by atoms with van der Waals surface area (Å²) in [7, 11) is 0. The van der Waals surface area contributed by atoms with Crippen LogP contribution in [-0.2, 0) is 9.59 Å². The van der Waals surface area contributed by atoms with E-state index in [-0.39, 0.29) is 23.9 Å². The van der Waals surface area contributed by atoms with Gasteiger partial charge < -0.3 is 5.32 Å². The first-order valence-corrected chi connectivity index (χ1v) is 7.83. The average Bonchev–Trinajstić information content (AvgIpc) is 2.71. The van der Waals surface area contributed by atoms with Crippen molar-refractivity contribution in [1.82, 2.24) is 10.2 Å². The molecule has 108 valence electrons. The van der Waals surface area contributed by atoms with Crippen LogP contribution in [0.4, 0.5) is 0 Å². The van der Waals surface area contributed by atoms with Gasteiger partial charge in [-0.25, -0.2) is 0 Å². The van der Waals surface area contributed by atoms with E-state index in [0.29, 0.717) is 6.42 Å². The molecule has 4 nitrogen and oxygen atoms in total. The fourth-order valence-electron chi connectivity index (χ4n) is 3.18. The highest BCUT2D eigenvalue weighted by Crippen LogP contribution is 2.27. The molecule has 1 unspecified atom stereocenters. The number of hydrogen-bond acceptors (Lipinski definition) is 3. The molecule has 2 aliphatic rings. The van der Waals surface area contributed by atoms with Crippen LogP contribution in [0.15, 0.2) is 0 Å². The van der Waals surface area contributed by atoms with Gasteiger partial charge in [-0.1, -0.05) is 39.0 Å². The van der Waals surface area contributed by atoms with Gasteiger partial charge in [0.05, 0.1) is 12.5 Å². The van der Waals surface area contributed by atoms with Crippen LogP contribution in [0.5, 0.6) is 0 Å². The van der Waals surface area contributed by atoms with E-state index < -0.39 is 0 Å². The minimum Gasteiger partial charge on any atom is -0.305 e. The van der Waals surface area contributed by atoms with Crippen LogP contribution in [0.2, 0.25) is 0 Å². The third-order valence-electron chi connectivity index (χ3n) is 4.29. The maximum absolute atomic E-state index is 12.3. The van der Waals surface area contributed by atoms with E-state index in [1.165, 1.54) is 19.3 Å². The molecule has 2 fully saturated rings. The zero-order valence-electron chi connectivity index (χ0n) is 12.0. The van der Waals surface area contributed by atoms with Crippen molar-refractivity contribution >= 4 is 11.8 Å². The first-order valence-electron chi connectivity index (χ1n) is 7.83. The van der Waals surface area contributed by atoms with Crippen molar-refractivity contribution in [3.05, 3.63) is 0 Å². The number of carbonyl (C=O) groups excluding carboxylic acids is 2. The van der Waals surface area contributed by atoms with E-state index in [0.717, 1.165) is 38.6 Å². The Labute approximate surface area is 115 Å². The Balaban J connectivity index is 1.85. The Kier molecular flexibility index (Phi) is 5.37. The zero-order chi connectivity index (χ0) is 13.7. The maximum atomic E-state index is 12.3. The molecule has 1 saturated heterocycles. The minimum absolute atomic E-state index is 0.0217. The van der Waals surface area contributed by atoms with E-state index in [4.69, 9.17) is 0 Å². The summed E-state index contributed by atoms with van der Waals surface area (Å²) in [5.41, 5.74) is 0. The van der Waals surface area contributed by atoms with Crippen molar-refractivity contribution in [2.45, 2.75) is 76.8 Å². The third-order valence-corrected chi connectivity index (χ3v) is 4.29. The molecule has 4 heteroatoms. The molecule has 2 amide bonds. The molecule has 0 aromatic heterocycles. The van der Waals surface area contributed by atoms with Crippen molar-refractivity contribution in [3.8, 4) is 0 Å². The number of amides is 2. The van der Waals surface area contributed by atoms with Gasteiger partial charge in [0.1, 0.15) is 0 Å². The summed E-state index contributed by atoms with van der Waals surface area (Å²) in [6.45, 7) is 3.01. The number of nitrogens with zero attached hydrogens (tertiary/aromatic N) is 1. The largest absolute Gasteiger partial charge is 0.305 e. The quantitative estimate of drug-likeness (QED) is 0.592. The summed E-state index contributed by atoms with van der Waals surface area (Å²) in [6.07, 6.45) is 9.33. The highest BCUT2D eigenvalue weighted by molar-refractivity contribution is 6.05. The fraction of sp³-hybridized carbons (Fsp3) is 0.867. The van der Waals surface area contributed by atoms with Crippen LogP contribution in [0.1, 0.15) is 64.7 Å². The summed E-state index contributed by atoms with van der Waals surface area (Å²) in [4.78, 5) is 25.9. The molecule has 0 radical (unpaired) electrons. The summed E-state index contributed by atoms with van der Waals surface area (Å²) in [5, 5.41) is 3.25. The molecule has 1 saturated carbocycles. The van der Waals surface area contributed by atoms with Crippen LogP contribution >= 0.6 is 0 Å². The van der Waals surface area contributed by atoms with Crippen LogP contribution < -0.4 is 5.32 Å². The lowest BCUT2D eigenvalue weighted by Gasteiger charge is -2.29. The highest BCUT2D eigenvalue weighted by Gasteiger charge is 2.41. The van der Waals surface area contributed by atoms with Gasteiger partial charge >= 0.3 is 0 Å². The Morgan fingerprint density at radius 1 is 1.16 bits per heavy atom. The van der Waals surface area contributed by atoms with Gasteiger partial charge in [0, 0.05) is 6.04 Å². The Morgan fingerprint density at radius 3 is 2.58 bits per heavy atom. The molecule has 1 aliphatic carbocycles. The van der Waals surface area contributed by atoms with Gasteiger partial charge in [0.25, 0.3) is 0 Å². The van der Waals surface area contributed by atoms with E-state index in [1.807, 2.05) is 0 Å². The van der Waals surface area contributed by atoms with Gasteiger partial charge in [-0.05, 0) is 25.8 Å². The van der Waals surface area contributed by atoms with Gasteiger partial charge in [-0.15, -0.1) is 0 Å². The number of rotatable bonds is 6. The summed E-state index contributed by atoms with van der Waals surface area (Å²) in [5.74, 6) is 0.0540. The second kappa shape index (κ2) is 7.04. The minimum atomic E-state index is -0.258. The molecule has 19 heavy (non-hydrogen) atoms. The van der Waals surface area contributed by atoms with Gasteiger partial charge in [0.15, 0.2) is 0 Å². The van der Waals surface area contributed by atoms with Gasteiger partial charge in [-0.3, -0.25) is 14.5 Å². The van der Waals surface area contributed by atoms with Crippen molar-refractivity contribution in [3.63, 3.8) is 0 Å². The molecular weight excluding hydrogens is 240 g/mol. The van der Waals surface area contributed by atoms with Crippen molar-refractivity contribution in [2.75, 3.05) is 6.54 Å². The van der Waals surface area contributed by atoms with E-state index in [2.05, 4.69) is 12.2 Å². The van der Waals surface area contributed by atoms with Crippen LogP contribution in [0.25, 0.3) is 0 Å². The van der Waals surface area contributed by atoms with Crippen LogP contribution in [0, 0.1) is 0 Å². The molecule has 1 atom stereocenters. The second-order valence-corrected chi connectivity index (χ2v) is 5.81. The van der Waals surface area contributed by atoms with Gasteiger partial charge in [0.2, 0.25) is 11.8 Å². The van der Waals surface area contributed by atoms with Crippen molar-refractivity contribution in [2.24, 2.45) is 0 Å². The van der Waals surface area contributed by atoms with Crippen molar-refractivity contribution in [1.29, 1.82) is 0 Å². The predicted molar refractivity (Wildman–Crippen MR) is 74.7 cm³/mol. The third kappa shape index (κ3) is 3.56. The lowest BCUT2D eigenvalue weighted by atomic mass is 9.94. The number of carbonyl (C=O) groups is 2. The molecule has 1 heterocycles. The highest BCUT2D eigenvalue weighted by atomic mass is 16.2. The zero-order valence-corrected chi connectivity index (χ0v) is 12.0.